The summed E-state index contributed by atoms with van der Waals surface area (Å²) in [5.74, 6) is -2.00. The number of rotatable bonds is 6. The van der Waals surface area contributed by atoms with Gasteiger partial charge in [-0.1, -0.05) is 0 Å². The zero-order valence-electron chi connectivity index (χ0n) is 31.7. The molecule has 1 spiro atoms. The molecular formula is C41H41F3N10O4. The minimum absolute atomic E-state index is 0.0290. The number of carbonyl (C=O) groups is 2. The fourth-order valence-corrected chi connectivity index (χ4v) is 9.46. The summed E-state index contributed by atoms with van der Waals surface area (Å²) < 4.78 is 55.9. The average molecular weight is 795 g/mol. The van der Waals surface area contributed by atoms with Crippen LogP contribution in [0.15, 0.2) is 47.5 Å². The standard InChI is InChI=1S/C41H41F3N10O4/c1-51-33-17-25(29(43)16-26(33)38(50-51)53-13-10-34(55)49-40(53)57)22-2-4-23(5-3-22)52-14-11-41(12-15-52)18-24(20-58-41)54-21-47-31-8-9-32(36(44)35(31)39(54)56)48-37-27(19-45)30(46)7-6-28(37)42/h6-9,16-17,21-24,48H,2-5,10-15,18,20,46H2,1H3,(H,49,55,57). The van der Waals surface area contributed by atoms with Crippen LogP contribution in [-0.2, 0) is 16.6 Å². The molecule has 3 saturated heterocycles. The number of fused-ring (bicyclic) bond motifs is 2. The van der Waals surface area contributed by atoms with Crippen LogP contribution in [0.1, 0.15) is 74.5 Å². The molecule has 3 aromatic carbocycles. The van der Waals surface area contributed by atoms with Gasteiger partial charge in [0.15, 0.2) is 11.6 Å². The summed E-state index contributed by atoms with van der Waals surface area (Å²) >= 11 is 0. The highest BCUT2D eigenvalue weighted by atomic mass is 19.1. The first-order valence-corrected chi connectivity index (χ1v) is 19.5. The third-order valence-electron chi connectivity index (χ3n) is 12.7. The molecule has 4 aliphatic rings. The fourth-order valence-electron chi connectivity index (χ4n) is 9.46. The van der Waals surface area contributed by atoms with E-state index < -0.39 is 28.8 Å². The number of hydrogen-bond acceptors (Lipinski definition) is 10. The van der Waals surface area contributed by atoms with Crippen LogP contribution in [0.3, 0.4) is 0 Å². The van der Waals surface area contributed by atoms with Crippen LogP contribution in [0.2, 0.25) is 0 Å². The van der Waals surface area contributed by atoms with Crippen molar-refractivity contribution in [3.63, 3.8) is 0 Å². The molecule has 58 heavy (non-hydrogen) atoms. The molecule has 17 heteroatoms. The highest BCUT2D eigenvalue weighted by molar-refractivity contribution is 6.08. The van der Waals surface area contributed by atoms with E-state index in [1.165, 1.54) is 40.1 Å². The lowest BCUT2D eigenvalue weighted by Crippen LogP contribution is -2.49. The molecule has 0 radical (unpaired) electrons. The Morgan fingerprint density at radius 1 is 1.00 bits per heavy atom. The maximum absolute atomic E-state index is 16.0. The predicted molar refractivity (Wildman–Crippen MR) is 209 cm³/mol. The Morgan fingerprint density at radius 2 is 1.78 bits per heavy atom. The van der Waals surface area contributed by atoms with Gasteiger partial charge >= 0.3 is 6.03 Å². The fraction of sp³-hybridized carbons (Fsp3) is 0.415. The summed E-state index contributed by atoms with van der Waals surface area (Å²) in [5.41, 5.74) is 5.73. The van der Waals surface area contributed by atoms with E-state index in [-0.39, 0.29) is 76.8 Å². The topological polar surface area (TPSA) is 176 Å². The monoisotopic (exact) mass is 794 g/mol. The Morgan fingerprint density at radius 3 is 2.52 bits per heavy atom. The molecule has 0 bridgehead atoms. The number of hydrogen-bond donors (Lipinski definition) is 3. The molecule has 1 atom stereocenters. The van der Waals surface area contributed by atoms with Crippen molar-refractivity contribution in [3.8, 4) is 6.07 Å². The smallest absolute Gasteiger partial charge is 0.329 e. The van der Waals surface area contributed by atoms with Gasteiger partial charge in [-0.05, 0) is 92.8 Å². The molecule has 9 rings (SSSR count). The summed E-state index contributed by atoms with van der Waals surface area (Å²) in [5, 5.41) is 19.2. The molecule has 14 nitrogen and oxygen atoms in total. The Bertz CT molecular complexity index is 2610. The van der Waals surface area contributed by atoms with Crippen LogP contribution in [0, 0.1) is 28.8 Å². The maximum atomic E-state index is 16.0. The highest BCUT2D eigenvalue weighted by Crippen LogP contribution is 2.44. The number of amides is 3. The lowest BCUT2D eigenvalue weighted by atomic mass is 9.79. The van der Waals surface area contributed by atoms with E-state index in [1.54, 1.807) is 11.7 Å². The van der Waals surface area contributed by atoms with E-state index >= 15 is 8.78 Å². The first-order valence-electron chi connectivity index (χ1n) is 19.5. The van der Waals surface area contributed by atoms with Crippen molar-refractivity contribution in [2.75, 3.05) is 42.2 Å². The van der Waals surface area contributed by atoms with Crippen molar-refractivity contribution in [2.45, 2.75) is 75.0 Å². The second-order valence-electron chi connectivity index (χ2n) is 15.9. The lowest BCUT2D eigenvalue weighted by molar-refractivity contribution is -0.120. The first-order chi connectivity index (χ1) is 27.9. The molecule has 1 aliphatic carbocycles. The van der Waals surface area contributed by atoms with Gasteiger partial charge < -0.3 is 20.7 Å². The van der Waals surface area contributed by atoms with Gasteiger partial charge in [-0.25, -0.2) is 22.9 Å². The summed E-state index contributed by atoms with van der Waals surface area (Å²) in [4.78, 5) is 46.2. The van der Waals surface area contributed by atoms with E-state index in [0.717, 1.165) is 63.2 Å². The molecule has 4 N–H and O–H groups in total. The van der Waals surface area contributed by atoms with E-state index in [9.17, 15) is 24.0 Å². The second-order valence-corrected chi connectivity index (χ2v) is 15.9. The number of nitrogen functional groups attached to an aromatic ring is 1. The molecule has 1 saturated carbocycles. The normalized spacial score (nSPS) is 22.5. The van der Waals surface area contributed by atoms with E-state index in [1.807, 2.05) is 12.1 Å². The minimum Gasteiger partial charge on any atom is -0.398 e. The second kappa shape index (κ2) is 14.4. The van der Waals surface area contributed by atoms with Crippen LogP contribution in [0.25, 0.3) is 21.8 Å². The number of aryl methyl sites for hydroxylation is 1. The van der Waals surface area contributed by atoms with Gasteiger partial charge in [-0.3, -0.25) is 29.1 Å². The summed E-state index contributed by atoms with van der Waals surface area (Å²) in [6, 6.07) is 9.72. The highest BCUT2D eigenvalue weighted by Gasteiger charge is 2.45. The average Bonchev–Trinajstić information content (AvgIpc) is 3.76. The Kier molecular flexibility index (Phi) is 9.35. The molecule has 3 amide bonds. The number of benzene rings is 3. The summed E-state index contributed by atoms with van der Waals surface area (Å²) in [6.07, 6.45) is 7.17. The van der Waals surface area contributed by atoms with Crippen molar-refractivity contribution >= 4 is 56.6 Å². The Balaban J connectivity index is 0.842. The number of nitrogens with zero attached hydrogens (tertiary/aromatic N) is 7. The number of likely N-dealkylation sites (tertiary alicyclic amines) is 1. The van der Waals surface area contributed by atoms with Crippen LogP contribution in [0.5, 0.6) is 0 Å². The lowest BCUT2D eigenvalue weighted by Gasteiger charge is -2.44. The Hall–Kier alpha value is -5.99. The van der Waals surface area contributed by atoms with Gasteiger partial charge in [-0.15, -0.1) is 0 Å². The maximum Gasteiger partial charge on any atom is 0.329 e. The number of nitrogens with one attached hydrogen (secondary N) is 2. The van der Waals surface area contributed by atoms with Crippen molar-refractivity contribution in [1.29, 1.82) is 5.26 Å². The number of piperidine rings is 1. The number of nitriles is 1. The Labute approximate surface area is 330 Å². The van der Waals surface area contributed by atoms with Crippen molar-refractivity contribution in [3.05, 3.63) is 81.7 Å². The van der Waals surface area contributed by atoms with Crippen LogP contribution in [-0.4, -0.2) is 74.1 Å². The molecule has 2 aromatic heterocycles. The number of anilines is 4. The first kappa shape index (κ1) is 37.6. The van der Waals surface area contributed by atoms with Crippen molar-refractivity contribution < 1.29 is 27.5 Å². The van der Waals surface area contributed by atoms with Crippen LogP contribution < -0.4 is 26.8 Å². The number of urea groups is 1. The molecule has 5 heterocycles. The minimum atomic E-state index is -0.913. The number of ether oxygens (including phenoxy) is 1. The summed E-state index contributed by atoms with van der Waals surface area (Å²) in [6.45, 7) is 2.09. The van der Waals surface area contributed by atoms with Gasteiger partial charge in [-0.2, -0.15) is 10.4 Å². The van der Waals surface area contributed by atoms with Gasteiger partial charge in [0.1, 0.15) is 28.7 Å². The summed E-state index contributed by atoms with van der Waals surface area (Å²) in [7, 11) is 1.77. The third-order valence-corrected chi connectivity index (χ3v) is 12.7. The number of halogens is 3. The number of carbonyl (C=O) groups excluding carboxylic acids is 2. The van der Waals surface area contributed by atoms with Gasteiger partial charge in [0, 0.05) is 44.5 Å². The largest absolute Gasteiger partial charge is 0.398 e. The molecular weight excluding hydrogens is 754 g/mol. The predicted octanol–water partition coefficient (Wildman–Crippen LogP) is 5.87. The zero-order chi connectivity index (χ0) is 40.5. The zero-order valence-corrected chi connectivity index (χ0v) is 31.7. The third kappa shape index (κ3) is 6.40. The van der Waals surface area contributed by atoms with Gasteiger partial charge in [0.05, 0.1) is 52.7 Å². The molecule has 3 aliphatic heterocycles. The molecule has 4 fully saturated rings. The molecule has 1 unspecified atom stereocenters. The van der Waals surface area contributed by atoms with E-state index in [0.29, 0.717) is 29.2 Å². The van der Waals surface area contributed by atoms with E-state index in [2.05, 4.69) is 25.6 Å². The molecule has 300 valence electrons. The quantitative estimate of drug-likeness (QED) is 0.176. The van der Waals surface area contributed by atoms with Crippen molar-refractivity contribution in [2.24, 2.45) is 7.05 Å². The number of aromatic nitrogens is 4. The molecule has 5 aromatic rings. The van der Waals surface area contributed by atoms with Gasteiger partial charge in [0.25, 0.3) is 5.56 Å². The number of nitrogens with two attached hydrogens (primary N) is 1. The number of imide groups is 1. The van der Waals surface area contributed by atoms with Crippen LogP contribution in [0.4, 0.5) is 40.8 Å². The van der Waals surface area contributed by atoms with Gasteiger partial charge in [0.2, 0.25) is 5.91 Å². The van der Waals surface area contributed by atoms with Crippen molar-refractivity contribution in [1.82, 2.24) is 29.5 Å². The van der Waals surface area contributed by atoms with E-state index in [4.69, 9.17) is 10.5 Å². The van der Waals surface area contributed by atoms with Crippen LogP contribution >= 0.6 is 0 Å². The SMILES string of the molecule is Cn1nc(N2CCC(=O)NC2=O)c2cc(F)c(C3CCC(N4CCC5(CC4)CC(n4cnc6ccc(Nc7c(F)ccc(N)c7C#N)c(F)c6c4=O)CO5)CC3)cc21.